The smallest absolute Gasteiger partial charge is 0.243 e. The molecule has 0 aliphatic carbocycles. The Bertz CT molecular complexity index is 773. The second kappa shape index (κ2) is 9.07. The minimum absolute atomic E-state index is 0.100. The molecular weight excluding hydrogens is 338 g/mol. The summed E-state index contributed by atoms with van der Waals surface area (Å²) in [5, 5.41) is 9.36. The summed E-state index contributed by atoms with van der Waals surface area (Å²) in [5.74, 6) is 0.547. The molecule has 0 saturated carbocycles. The van der Waals surface area contributed by atoms with E-state index in [1.165, 1.54) is 11.3 Å². The van der Waals surface area contributed by atoms with Gasteiger partial charge in [-0.15, -0.1) is 0 Å². The minimum atomic E-state index is -0.100. The molecule has 1 atom stereocenters. The molecule has 2 aromatic carbocycles. The molecule has 2 aromatic rings. The molecule has 1 amide bonds. The molecule has 1 aliphatic heterocycles. The third-order valence-electron chi connectivity index (χ3n) is 4.63. The highest BCUT2D eigenvalue weighted by atomic mass is 16.1. The summed E-state index contributed by atoms with van der Waals surface area (Å²) in [7, 11) is 1.72. The van der Waals surface area contributed by atoms with Crippen molar-refractivity contribution in [2.24, 2.45) is 4.99 Å². The van der Waals surface area contributed by atoms with Crippen LogP contribution in [0.5, 0.6) is 0 Å². The highest BCUT2D eigenvalue weighted by molar-refractivity contribution is 5.95. The maximum absolute atomic E-state index is 12.1. The van der Waals surface area contributed by atoms with E-state index in [-0.39, 0.29) is 12.5 Å². The van der Waals surface area contributed by atoms with Crippen molar-refractivity contribution in [2.45, 2.75) is 19.4 Å². The van der Waals surface area contributed by atoms with Crippen LogP contribution in [0.1, 0.15) is 12.0 Å². The molecule has 3 rings (SSSR count). The molecule has 1 unspecified atom stereocenters. The van der Waals surface area contributed by atoms with Crippen molar-refractivity contribution in [3.8, 4) is 0 Å². The van der Waals surface area contributed by atoms with Crippen molar-refractivity contribution in [1.29, 1.82) is 0 Å². The van der Waals surface area contributed by atoms with Crippen LogP contribution in [0.25, 0.3) is 0 Å². The summed E-state index contributed by atoms with van der Waals surface area (Å²) in [6.45, 7) is 4.19. The Balaban J connectivity index is 1.45. The van der Waals surface area contributed by atoms with Crippen molar-refractivity contribution < 1.29 is 4.79 Å². The first-order chi connectivity index (χ1) is 13.1. The van der Waals surface area contributed by atoms with Crippen LogP contribution in [0, 0.1) is 6.92 Å². The van der Waals surface area contributed by atoms with E-state index in [0.29, 0.717) is 12.0 Å². The summed E-state index contributed by atoms with van der Waals surface area (Å²) in [6.07, 6.45) is 1.03. The number of amides is 1. The zero-order valence-corrected chi connectivity index (χ0v) is 15.9. The normalized spacial score (nSPS) is 16.9. The fraction of sp³-hybridized carbons (Fsp3) is 0.333. The van der Waals surface area contributed by atoms with E-state index in [4.69, 9.17) is 0 Å². The van der Waals surface area contributed by atoms with E-state index in [0.717, 1.165) is 25.2 Å². The molecule has 1 aliphatic rings. The van der Waals surface area contributed by atoms with E-state index < -0.39 is 0 Å². The Kier molecular flexibility index (Phi) is 6.30. The SMILES string of the molecule is CN=C(NCC(=O)Nc1ccccc1)NC1CCN(c2ccc(C)cc2)C1. The van der Waals surface area contributed by atoms with Crippen LogP contribution in [-0.2, 0) is 4.79 Å². The number of anilines is 2. The van der Waals surface area contributed by atoms with E-state index >= 15 is 0 Å². The Hall–Kier alpha value is -3.02. The van der Waals surface area contributed by atoms with Crippen LogP contribution in [0.3, 0.4) is 0 Å². The Morgan fingerprint density at radius 2 is 1.89 bits per heavy atom. The zero-order chi connectivity index (χ0) is 19.1. The predicted octanol–water partition coefficient (Wildman–Crippen LogP) is 2.38. The second-order valence-electron chi connectivity index (χ2n) is 6.75. The molecule has 6 nitrogen and oxygen atoms in total. The number of aryl methyl sites for hydroxylation is 1. The number of guanidine groups is 1. The maximum Gasteiger partial charge on any atom is 0.243 e. The third kappa shape index (κ3) is 5.48. The number of benzene rings is 2. The fourth-order valence-electron chi connectivity index (χ4n) is 3.15. The lowest BCUT2D eigenvalue weighted by atomic mass is 10.2. The van der Waals surface area contributed by atoms with Crippen molar-refractivity contribution in [2.75, 3.05) is 36.9 Å². The van der Waals surface area contributed by atoms with Gasteiger partial charge in [0.25, 0.3) is 0 Å². The van der Waals surface area contributed by atoms with Gasteiger partial charge in [-0.2, -0.15) is 0 Å². The van der Waals surface area contributed by atoms with Gasteiger partial charge in [0.2, 0.25) is 5.91 Å². The van der Waals surface area contributed by atoms with Gasteiger partial charge in [0.05, 0.1) is 6.54 Å². The molecule has 1 saturated heterocycles. The Morgan fingerprint density at radius 1 is 1.15 bits per heavy atom. The lowest BCUT2D eigenvalue weighted by Gasteiger charge is -2.20. The second-order valence-corrected chi connectivity index (χ2v) is 6.75. The lowest BCUT2D eigenvalue weighted by molar-refractivity contribution is -0.115. The van der Waals surface area contributed by atoms with Gasteiger partial charge in [0, 0.05) is 37.6 Å². The molecule has 6 heteroatoms. The molecule has 1 fully saturated rings. The molecule has 0 aromatic heterocycles. The summed E-state index contributed by atoms with van der Waals surface area (Å²) in [4.78, 5) is 18.7. The topological polar surface area (TPSA) is 68.8 Å². The zero-order valence-electron chi connectivity index (χ0n) is 15.9. The quantitative estimate of drug-likeness (QED) is 0.562. The van der Waals surface area contributed by atoms with Gasteiger partial charge in [-0.1, -0.05) is 35.9 Å². The van der Waals surface area contributed by atoms with Crippen molar-refractivity contribution >= 4 is 23.2 Å². The number of rotatable bonds is 5. The summed E-state index contributed by atoms with van der Waals surface area (Å²) < 4.78 is 0. The number of nitrogens with one attached hydrogen (secondary N) is 3. The van der Waals surface area contributed by atoms with Crippen molar-refractivity contribution in [3.63, 3.8) is 0 Å². The average molecular weight is 365 g/mol. The molecule has 0 radical (unpaired) electrons. The number of hydrogen-bond donors (Lipinski definition) is 3. The van der Waals surface area contributed by atoms with Gasteiger partial charge in [0.15, 0.2) is 5.96 Å². The first-order valence-electron chi connectivity index (χ1n) is 9.28. The highest BCUT2D eigenvalue weighted by Crippen LogP contribution is 2.20. The number of nitrogens with zero attached hydrogens (tertiary/aromatic N) is 2. The fourth-order valence-corrected chi connectivity index (χ4v) is 3.15. The van der Waals surface area contributed by atoms with Crippen LogP contribution in [0.2, 0.25) is 0 Å². The molecule has 0 spiro atoms. The van der Waals surface area contributed by atoms with Gasteiger partial charge in [-0.25, -0.2) is 0 Å². The number of para-hydroxylation sites is 1. The van der Waals surface area contributed by atoms with E-state index in [9.17, 15) is 4.79 Å². The van der Waals surface area contributed by atoms with Crippen LogP contribution < -0.4 is 20.9 Å². The Morgan fingerprint density at radius 3 is 2.59 bits per heavy atom. The van der Waals surface area contributed by atoms with Crippen molar-refractivity contribution in [1.82, 2.24) is 10.6 Å². The molecule has 1 heterocycles. The third-order valence-corrected chi connectivity index (χ3v) is 4.63. The standard InChI is InChI=1S/C21H27N5O/c1-16-8-10-19(11-9-16)26-13-12-18(15-26)25-21(22-2)23-14-20(27)24-17-6-4-3-5-7-17/h3-11,18H,12-15H2,1-2H3,(H,24,27)(H2,22,23,25). The van der Waals surface area contributed by atoms with Gasteiger partial charge in [-0.3, -0.25) is 9.79 Å². The van der Waals surface area contributed by atoms with E-state index in [1.807, 2.05) is 30.3 Å². The lowest BCUT2D eigenvalue weighted by Crippen LogP contribution is -2.46. The summed E-state index contributed by atoms with van der Waals surface area (Å²) >= 11 is 0. The van der Waals surface area contributed by atoms with Gasteiger partial charge >= 0.3 is 0 Å². The molecular formula is C21H27N5O. The van der Waals surface area contributed by atoms with Gasteiger partial charge < -0.3 is 20.9 Å². The van der Waals surface area contributed by atoms with E-state index in [1.54, 1.807) is 7.05 Å². The van der Waals surface area contributed by atoms with Gasteiger partial charge in [0.1, 0.15) is 0 Å². The highest BCUT2D eigenvalue weighted by Gasteiger charge is 2.23. The largest absolute Gasteiger partial charge is 0.369 e. The molecule has 142 valence electrons. The number of hydrogen-bond acceptors (Lipinski definition) is 3. The molecule has 3 N–H and O–H groups in total. The maximum atomic E-state index is 12.1. The van der Waals surface area contributed by atoms with Crippen LogP contribution in [0.15, 0.2) is 59.6 Å². The van der Waals surface area contributed by atoms with Crippen molar-refractivity contribution in [3.05, 3.63) is 60.2 Å². The first-order valence-corrected chi connectivity index (χ1v) is 9.28. The van der Waals surface area contributed by atoms with Gasteiger partial charge in [-0.05, 0) is 37.6 Å². The predicted molar refractivity (Wildman–Crippen MR) is 111 cm³/mol. The van der Waals surface area contributed by atoms with E-state index in [2.05, 4.69) is 57.0 Å². The monoisotopic (exact) mass is 365 g/mol. The summed E-state index contributed by atoms with van der Waals surface area (Å²) in [5.41, 5.74) is 3.30. The van der Waals surface area contributed by atoms with Crippen LogP contribution >= 0.6 is 0 Å². The number of carbonyl (C=O) groups is 1. The number of carbonyl (C=O) groups excluding carboxylic acids is 1. The molecule has 27 heavy (non-hydrogen) atoms. The van der Waals surface area contributed by atoms with Crippen LogP contribution in [0.4, 0.5) is 11.4 Å². The average Bonchev–Trinajstić information content (AvgIpc) is 3.15. The number of aliphatic imine (C=N–C) groups is 1. The first kappa shape index (κ1) is 18.8. The summed E-state index contributed by atoms with van der Waals surface area (Å²) in [6, 6.07) is 18.3. The molecule has 0 bridgehead atoms. The minimum Gasteiger partial charge on any atom is -0.369 e. The Labute approximate surface area is 160 Å². The van der Waals surface area contributed by atoms with Crippen LogP contribution in [-0.4, -0.2) is 44.6 Å².